The Balaban J connectivity index is 1.53. The van der Waals surface area contributed by atoms with Crippen molar-refractivity contribution in [2.45, 2.75) is 6.54 Å². The molecule has 0 amide bonds. The number of anilines is 1. The summed E-state index contributed by atoms with van der Waals surface area (Å²) < 4.78 is 10.4. The first-order valence-electron chi connectivity index (χ1n) is 9.08. The molecule has 1 fully saturated rings. The minimum absolute atomic E-state index is 0.614. The number of guanidine groups is 1. The van der Waals surface area contributed by atoms with Crippen molar-refractivity contribution in [1.82, 2.24) is 15.2 Å². The zero-order valence-electron chi connectivity index (χ0n) is 16.2. The number of aliphatic imine (C=N–C) groups is 1. The summed E-state index contributed by atoms with van der Waals surface area (Å²) in [7, 11) is 5.13. The van der Waals surface area contributed by atoms with Gasteiger partial charge in [0.1, 0.15) is 5.75 Å². The Bertz CT molecular complexity index is 755. The molecule has 1 aliphatic heterocycles. The lowest BCUT2D eigenvalue weighted by Crippen LogP contribution is -2.52. The maximum absolute atomic E-state index is 5.23. The first-order valence-corrected chi connectivity index (χ1v) is 9.08. The van der Waals surface area contributed by atoms with Crippen molar-refractivity contribution in [3.05, 3.63) is 48.2 Å². The molecule has 27 heavy (non-hydrogen) atoms. The number of piperazine rings is 1. The number of nitrogens with one attached hydrogen (secondary N) is 1. The maximum atomic E-state index is 5.23. The zero-order valence-corrected chi connectivity index (χ0v) is 16.2. The lowest BCUT2D eigenvalue weighted by atomic mass is 10.2. The predicted octanol–water partition coefficient (Wildman–Crippen LogP) is 2.00. The van der Waals surface area contributed by atoms with Gasteiger partial charge in [-0.3, -0.25) is 4.99 Å². The Morgan fingerprint density at radius 1 is 1.04 bits per heavy atom. The van der Waals surface area contributed by atoms with Crippen molar-refractivity contribution in [2.75, 3.05) is 52.3 Å². The van der Waals surface area contributed by atoms with Gasteiger partial charge < -0.3 is 24.6 Å². The third-order valence-corrected chi connectivity index (χ3v) is 4.65. The molecule has 0 aliphatic carbocycles. The van der Waals surface area contributed by atoms with Crippen LogP contribution in [-0.4, -0.2) is 63.3 Å². The second-order valence-corrected chi connectivity index (χ2v) is 6.24. The summed E-state index contributed by atoms with van der Waals surface area (Å²) in [6.07, 6.45) is 0. The Morgan fingerprint density at radius 3 is 2.41 bits per heavy atom. The van der Waals surface area contributed by atoms with Crippen LogP contribution in [0.25, 0.3) is 0 Å². The highest BCUT2D eigenvalue weighted by Crippen LogP contribution is 2.20. The molecule has 0 bridgehead atoms. The van der Waals surface area contributed by atoms with E-state index >= 15 is 0 Å². The molecule has 7 heteroatoms. The average molecular weight is 369 g/mol. The number of hydrogen-bond acceptors (Lipinski definition) is 5. The van der Waals surface area contributed by atoms with E-state index in [0.717, 1.165) is 43.6 Å². The van der Waals surface area contributed by atoms with Gasteiger partial charge in [-0.25, -0.2) is 4.98 Å². The summed E-state index contributed by atoms with van der Waals surface area (Å²) in [6, 6.07) is 14.0. The summed E-state index contributed by atoms with van der Waals surface area (Å²) in [6.45, 7) is 4.34. The number of methoxy groups -OCH3 is 2. The minimum atomic E-state index is 0.614. The molecule has 1 aromatic carbocycles. The van der Waals surface area contributed by atoms with Gasteiger partial charge in [0.05, 0.1) is 26.5 Å². The molecule has 3 rings (SSSR count). The molecule has 1 aromatic heterocycles. The van der Waals surface area contributed by atoms with Gasteiger partial charge in [0.25, 0.3) is 0 Å². The SMILES string of the molecule is CN=C(NCc1cccc(OC)n1)N1CCN(c2ccc(OC)cc2)CC1. The summed E-state index contributed by atoms with van der Waals surface area (Å²) >= 11 is 0. The second kappa shape index (κ2) is 9.12. The molecule has 144 valence electrons. The van der Waals surface area contributed by atoms with Gasteiger partial charge >= 0.3 is 0 Å². The molecule has 0 spiro atoms. The van der Waals surface area contributed by atoms with E-state index in [4.69, 9.17) is 9.47 Å². The fourth-order valence-electron chi connectivity index (χ4n) is 3.14. The standard InChI is InChI=1S/C20H27N5O2/c1-21-20(22-15-16-5-4-6-19(23-16)27-3)25-13-11-24(12-14-25)17-7-9-18(26-2)10-8-17/h4-10H,11-15H2,1-3H3,(H,21,22). The van der Waals surface area contributed by atoms with Crippen LogP contribution in [0.4, 0.5) is 5.69 Å². The maximum Gasteiger partial charge on any atom is 0.213 e. The first kappa shape index (κ1) is 18.8. The van der Waals surface area contributed by atoms with Gasteiger partial charge in [-0.15, -0.1) is 0 Å². The molecular weight excluding hydrogens is 342 g/mol. The molecule has 2 aromatic rings. The molecule has 0 atom stereocenters. The summed E-state index contributed by atoms with van der Waals surface area (Å²) in [4.78, 5) is 13.5. The van der Waals surface area contributed by atoms with E-state index in [0.29, 0.717) is 12.4 Å². The Hall–Kier alpha value is -2.96. The summed E-state index contributed by atoms with van der Waals surface area (Å²) in [5, 5.41) is 3.40. The number of aromatic nitrogens is 1. The van der Waals surface area contributed by atoms with Crippen LogP contribution in [0, 0.1) is 0 Å². The Labute approximate surface area is 160 Å². The van der Waals surface area contributed by atoms with Crippen LogP contribution in [-0.2, 0) is 6.54 Å². The monoisotopic (exact) mass is 369 g/mol. The van der Waals surface area contributed by atoms with Crippen molar-refractivity contribution in [1.29, 1.82) is 0 Å². The van der Waals surface area contributed by atoms with Crippen LogP contribution in [0.3, 0.4) is 0 Å². The normalized spacial score (nSPS) is 14.9. The van der Waals surface area contributed by atoms with E-state index in [1.54, 1.807) is 14.2 Å². The lowest BCUT2D eigenvalue weighted by Gasteiger charge is -2.37. The van der Waals surface area contributed by atoms with E-state index in [9.17, 15) is 0 Å². The Kier molecular flexibility index (Phi) is 6.35. The van der Waals surface area contributed by atoms with Gasteiger partial charge in [-0.05, 0) is 30.3 Å². The number of nitrogens with zero attached hydrogens (tertiary/aromatic N) is 4. The van der Waals surface area contributed by atoms with E-state index in [2.05, 4.69) is 37.2 Å². The van der Waals surface area contributed by atoms with Crippen molar-refractivity contribution >= 4 is 11.6 Å². The largest absolute Gasteiger partial charge is 0.497 e. The first-order chi connectivity index (χ1) is 13.2. The van der Waals surface area contributed by atoms with E-state index in [1.165, 1.54) is 5.69 Å². The average Bonchev–Trinajstić information content (AvgIpc) is 2.75. The summed E-state index contributed by atoms with van der Waals surface area (Å²) in [5.74, 6) is 2.40. The van der Waals surface area contributed by atoms with Gasteiger partial charge in [0.15, 0.2) is 5.96 Å². The molecule has 7 nitrogen and oxygen atoms in total. The smallest absolute Gasteiger partial charge is 0.213 e. The van der Waals surface area contributed by atoms with Gasteiger partial charge in [-0.1, -0.05) is 6.07 Å². The lowest BCUT2D eigenvalue weighted by molar-refractivity contribution is 0.371. The van der Waals surface area contributed by atoms with Crippen molar-refractivity contribution in [2.24, 2.45) is 4.99 Å². The molecular formula is C20H27N5O2. The second-order valence-electron chi connectivity index (χ2n) is 6.24. The number of pyridine rings is 1. The molecule has 0 saturated carbocycles. The van der Waals surface area contributed by atoms with Crippen LogP contribution in [0.15, 0.2) is 47.5 Å². The zero-order chi connectivity index (χ0) is 19.1. The third kappa shape index (κ3) is 4.81. The number of hydrogen-bond donors (Lipinski definition) is 1. The highest BCUT2D eigenvalue weighted by atomic mass is 16.5. The van der Waals surface area contributed by atoms with Crippen molar-refractivity contribution < 1.29 is 9.47 Å². The topological polar surface area (TPSA) is 62.2 Å². The molecule has 1 aliphatic rings. The Morgan fingerprint density at radius 2 is 1.78 bits per heavy atom. The van der Waals surface area contributed by atoms with Gasteiger partial charge in [0, 0.05) is 45.0 Å². The highest BCUT2D eigenvalue weighted by molar-refractivity contribution is 5.80. The molecule has 2 heterocycles. The summed E-state index contributed by atoms with van der Waals surface area (Å²) in [5.41, 5.74) is 2.14. The number of benzene rings is 1. The van der Waals surface area contributed by atoms with Crippen molar-refractivity contribution in [3.8, 4) is 11.6 Å². The fraction of sp³-hybridized carbons (Fsp3) is 0.400. The van der Waals surface area contributed by atoms with Crippen LogP contribution in [0.1, 0.15) is 5.69 Å². The van der Waals surface area contributed by atoms with Gasteiger partial charge in [-0.2, -0.15) is 0 Å². The van der Waals surface area contributed by atoms with E-state index in [-0.39, 0.29) is 0 Å². The molecule has 0 unspecified atom stereocenters. The minimum Gasteiger partial charge on any atom is -0.497 e. The number of ether oxygens (including phenoxy) is 2. The third-order valence-electron chi connectivity index (χ3n) is 4.65. The van der Waals surface area contributed by atoms with Crippen molar-refractivity contribution in [3.63, 3.8) is 0 Å². The predicted molar refractivity (Wildman–Crippen MR) is 108 cm³/mol. The molecule has 1 saturated heterocycles. The van der Waals surface area contributed by atoms with E-state index in [1.807, 2.05) is 37.4 Å². The van der Waals surface area contributed by atoms with Crippen LogP contribution >= 0.6 is 0 Å². The van der Waals surface area contributed by atoms with Gasteiger partial charge in [0.2, 0.25) is 5.88 Å². The molecule has 1 N–H and O–H groups in total. The van der Waals surface area contributed by atoms with Crippen LogP contribution in [0.2, 0.25) is 0 Å². The molecule has 0 radical (unpaired) electrons. The van der Waals surface area contributed by atoms with E-state index < -0.39 is 0 Å². The van der Waals surface area contributed by atoms with Crippen LogP contribution < -0.4 is 19.7 Å². The van der Waals surface area contributed by atoms with Crippen LogP contribution in [0.5, 0.6) is 11.6 Å². The fourth-order valence-corrected chi connectivity index (χ4v) is 3.14. The quantitative estimate of drug-likeness (QED) is 0.643. The highest BCUT2D eigenvalue weighted by Gasteiger charge is 2.20. The number of rotatable bonds is 5.